The van der Waals surface area contributed by atoms with E-state index in [0.29, 0.717) is 10.9 Å². The molecule has 2 unspecified atom stereocenters. The molecule has 156 valence electrons. The maximum absolute atomic E-state index is 6.54. The van der Waals surface area contributed by atoms with Crippen molar-refractivity contribution in [1.82, 2.24) is 10.3 Å². The van der Waals surface area contributed by atoms with Crippen molar-refractivity contribution in [3.8, 4) is 5.75 Å². The lowest BCUT2D eigenvalue weighted by atomic mass is 9.86. The molecular weight excluding hydrogens is 370 g/mol. The van der Waals surface area contributed by atoms with Gasteiger partial charge in [-0.2, -0.15) is 5.10 Å². The first-order chi connectivity index (χ1) is 13.7. The van der Waals surface area contributed by atoms with Gasteiger partial charge in [0.25, 0.3) is 0 Å². The molecule has 4 nitrogen and oxygen atoms in total. The van der Waals surface area contributed by atoms with E-state index >= 15 is 0 Å². The van der Waals surface area contributed by atoms with Crippen LogP contribution in [-0.2, 0) is 0 Å². The standard InChI is InChI=1S/C23H36ClN3O/c1-3-5-6-7-8-9-10-15-28-22-12-11-18(16-20(22)24)23-19-17-27(4-2)14-13-21(19)25-26-23/h11-12,16,19,23,26H,3-10,13-15,17H2,1-2H3. The molecular formula is C23H36ClN3O. The zero-order valence-electron chi connectivity index (χ0n) is 17.6. The Labute approximate surface area is 175 Å². The summed E-state index contributed by atoms with van der Waals surface area (Å²) in [6, 6.07) is 6.45. The molecule has 0 aromatic heterocycles. The van der Waals surface area contributed by atoms with E-state index in [1.807, 2.05) is 6.07 Å². The number of fused-ring (bicyclic) bond motifs is 1. The van der Waals surface area contributed by atoms with E-state index < -0.39 is 0 Å². The van der Waals surface area contributed by atoms with E-state index in [1.54, 1.807) is 0 Å². The lowest BCUT2D eigenvalue weighted by molar-refractivity contribution is 0.238. The van der Waals surface area contributed by atoms with Gasteiger partial charge >= 0.3 is 0 Å². The monoisotopic (exact) mass is 405 g/mol. The van der Waals surface area contributed by atoms with E-state index in [-0.39, 0.29) is 6.04 Å². The minimum Gasteiger partial charge on any atom is -0.492 e. The fourth-order valence-electron chi connectivity index (χ4n) is 4.27. The number of hydrogen-bond acceptors (Lipinski definition) is 4. The van der Waals surface area contributed by atoms with E-state index in [2.05, 4.69) is 41.4 Å². The molecule has 1 N–H and O–H groups in total. The first-order valence-corrected chi connectivity index (χ1v) is 11.6. The third-order valence-electron chi connectivity index (χ3n) is 6.08. The van der Waals surface area contributed by atoms with E-state index in [9.17, 15) is 0 Å². The molecule has 28 heavy (non-hydrogen) atoms. The number of rotatable bonds is 11. The predicted octanol–water partition coefficient (Wildman–Crippen LogP) is 5.81. The fraction of sp³-hybridized carbons (Fsp3) is 0.696. The number of hydrazone groups is 1. The highest BCUT2D eigenvalue weighted by molar-refractivity contribution is 6.32. The van der Waals surface area contributed by atoms with Crippen molar-refractivity contribution < 1.29 is 4.74 Å². The molecule has 2 atom stereocenters. The largest absolute Gasteiger partial charge is 0.492 e. The third kappa shape index (κ3) is 5.64. The number of nitrogens with zero attached hydrogens (tertiary/aromatic N) is 2. The average molecular weight is 406 g/mol. The minimum absolute atomic E-state index is 0.221. The fourth-order valence-corrected chi connectivity index (χ4v) is 4.52. The Kier molecular flexibility index (Phi) is 8.47. The molecule has 0 aliphatic carbocycles. The van der Waals surface area contributed by atoms with Crippen molar-refractivity contribution in [3.05, 3.63) is 28.8 Å². The summed E-state index contributed by atoms with van der Waals surface area (Å²) in [6.45, 7) is 8.52. The number of unbranched alkanes of at least 4 members (excludes halogenated alkanes) is 6. The second-order valence-corrected chi connectivity index (χ2v) is 8.53. The summed E-state index contributed by atoms with van der Waals surface area (Å²) in [5.41, 5.74) is 5.86. The van der Waals surface area contributed by atoms with Gasteiger partial charge in [0.05, 0.1) is 17.7 Å². The molecule has 1 saturated heterocycles. The van der Waals surface area contributed by atoms with Gasteiger partial charge in [0, 0.05) is 31.1 Å². The van der Waals surface area contributed by atoms with Gasteiger partial charge in [0.1, 0.15) is 5.75 Å². The summed E-state index contributed by atoms with van der Waals surface area (Å²) in [4.78, 5) is 2.50. The molecule has 2 aliphatic heterocycles. The van der Waals surface area contributed by atoms with E-state index in [4.69, 9.17) is 16.3 Å². The van der Waals surface area contributed by atoms with Crippen molar-refractivity contribution in [3.63, 3.8) is 0 Å². The van der Waals surface area contributed by atoms with Gasteiger partial charge in [-0.05, 0) is 30.7 Å². The van der Waals surface area contributed by atoms with Crippen LogP contribution in [0.5, 0.6) is 5.75 Å². The Morgan fingerprint density at radius 1 is 1.14 bits per heavy atom. The molecule has 0 amide bonds. The molecule has 0 radical (unpaired) electrons. The van der Waals surface area contributed by atoms with Gasteiger partial charge in [-0.3, -0.25) is 0 Å². The van der Waals surface area contributed by atoms with Crippen LogP contribution >= 0.6 is 11.6 Å². The Balaban J connectivity index is 1.46. The van der Waals surface area contributed by atoms with Crippen molar-refractivity contribution in [2.24, 2.45) is 11.0 Å². The summed E-state index contributed by atoms with van der Waals surface area (Å²) in [5, 5.41) is 5.31. The minimum atomic E-state index is 0.221. The van der Waals surface area contributed by atoms with Crippen molar-refractivity contribution in [2.45, 2.75) is 71.3 Å². The van der Waals surface area contributed by atoms with Crippen LogP contribution in [0.15, 0.2) is 23.3 Å². The summed E-state index contributed by atoms with van der Waals surface area (Å²) in [6.07, 6.45) is 10.1. The highest BCUT2D eigenvalue weighted by atomic mass is 35.5. The third-order valence-corrected chi connectivity index (χ3v) is 6.38. The highest BCUT2D eigenvalue weighted by Gasteiger charge is 2.36. The number of halogens is 1. The second kappa shape index (κ2) is 11.1. The zero-order chi connectivity index (χ0) is 19.8. The average Bonchev–Trinajstić information content (AvgIpc) is 3.14. The molecule has 2 heterocycles. The van der Waals surface area contributed by atoms with Crippen LogP contribution in [0.25, 0.3) is 0 Å². The van der Waals surface area contributed by atoms with E-state index in [1.165, 1.54) is 49.8 Å². The topological polar surface area (TPSA) is 36.9 Å². The highest BCUT2D eigenvalue weighted by Crippen LogP contribution is 2.35. The number of piperidine rings is 1. The maximum Gasteiger partial charge on any atom is 0.137 e. The van der Waals surface area contributed by atoms with Gasteiger partial charge in [0.2, 0.25) is 0 Å². The second-order valence-electron chi connectivity index (χ2n) is 8.12. The van der Waals surface area contributed by atoms with Crippen LogP contribution in [0.1, 0.15) is 76.8 Å². The molecule has 1 aromatic carbocycles. The van der Waals surface area contributed by atoms with Gasteiger partial charge in [0.15, 0.2) is 0 Å². The molecule has 0 bridgehead atoms. The Bertz CT molecular complexity index is 649. The maximum atomic E-state index is 6.54. The molecule has 0 saturated carbocycles. The van der Waals surface area contributed by atoms with Crippen molar-refractivity contribution in [1.29, 1.82) is 0 Å². The van der Waals surface area contributed by atoms with Gasteiger partial charge in [-0.25, -0.2) is 0 Å². The predicted molar refractivity (Wildman–Crippen MR) is 118 cm³/mol. The van der Waals surface area contributed by atoms with Crippen LogP contribution in [0.2, 0.25) is 5.02 Å². The number of nitrogens with one attached hydrogen (secondary N) is 1. The molecule has 1 aromatic rings. The molecule has 1 fully saturated rings. The van der Waals surface area contributed by atoms with Crippen molar-refractivity contribution >= 4 is 17.3 Å². The molecule has 3 rings (SSSR count). The summed E-state index contributed by atoms with van der Waals surface area (Å²) >= 11 is 6.54. The number of benzene rings is 1. The van der Waals surface area contributed by atoms with Crippen LogP contribution in [-0.4, -0.2) is 36.9 Å². The normalized spacial score (nSPS) is 21.9. The lowest BCUT2D eigenvalue weighted by Gasteiger charge is -2.32. The Morgan fingerprint density at radius 2 is 1.93 bits per heavy atom. The molecule has 0 spiro atoms. The quantitative estimate of drug-likeness (QED) is 0.472. The van der Waals surface area contributed by atoms with Gasteiger partial charge in [-0.1, -0.05) is 70.0 Å². The summed E-state index contributed by atoms with van der Waals surface area (Å²) < 4.78 is 5.93. The summed E-state index contributed by atoms with van der Waals surface area (Å²) in [7, 11) is 0. The molecule has 5 heteroatoms. The first-order valence-electron chi connectivity index (χ1n) is 11.2. The number of hydrogen-bond donors (Lipinski definition) is 1. The smallest absolute Gasteiger partial charge is 0.137 e. The number of ether oxygens (including phenoxy) is 1. The van der Waals surface area contributed by atoms with Crippen LogP contribution < -0.4 is 10.2 Å². The summed E-state index contributed by atoms with van der Waals surface area (Å²) in [5.74, 6) is 1.25. The lowest BCUT2D eigenvalue weighted by Crippen LogP contribution is -2.41. The van der Waals surface area contributed by atoms with Crippen LogP contribution in [0.3, 0.4) is 0 Å². The first kappa shape index (κ1) is 21.4. The SMILES string of the molecule is CCCCCCCCCOc1ccc(C2NN=C3CCN(CC)CC32)cc1Cl. The van der Waals surface area contributed by atoms with Crippen molar-refractivity contribution in [2.75, 3.05) is 26.2 Å². The van der Waals surface area contributed by atoms with Crippen LogP contribution in [0.4, 0.5) is 0 Å². The van der Waals surface area contributed by atoms with Gasteiger partial charge in [-0.15, -0.1) is 0 Å². The van der Waals surface area contributed by atoms with Gasteiger partial charge < -0.3 is 15.1 Å². The zero-order valence-corrected chi connectivity index (χ0v) is 18.3. The Hall–Kier alpha value is -1.26. The van der Waals surface area contributed by atoms with Crippen LogP contribution in [0, 0.1) is 5.92 Å². The number of likely N-dealkylation sites (tertiary alicyclic amines) is 1. The molecule has 2 aliphatic rings. The van der Waals surface area contributed by atoms with E-state index in [0.717, 1.165) is 44.8 Å². The Morgan fingerprint density at radius 3 is 2.68 bits per heavy atom.